The lowest BCUT2D eigenvalue weighted by Crippen LogP contribution is -1.92. The van der Waals surface area contributed by atoms with Gasteiger partial charge < -0.3 is 10.5 Å². The van der Waals surface area contributed by atoms with Crippen molar-refractivity contribution in [1.29, 1.82) is 0 Å². The van der Waals surface area contributed by atoms with E-state index >= 15 is 0 Å². The molecule has 0 bridgehead atoms. The van der Waals surface area contributed by atoms with Crippen LogP contribution in [0.1, 0.15) is 10.4 Å². The second kappa shape index (κ2) is 4.95. The van der Waals surface area contributed by atoms with Gasteiger partial charge in [-0.15, -0.1) is 0 Å². The van der Waals surface area contributed by atoms with E-state index in [1.165, 1.54) is 11.3 Å². The Hall–Kier alpha value is -0.910. The molecule has 0 spiro atoms. The molecule has 0 saturated heterocycles. The van der Waals surface area contributed by atoms with Crippen LogP contribution in [0.15, 0.2) is 28.9 Å². The van der Waals surface area contributed by atoms with Crippen LogP contribution in [0.2, 0.25) is 0 Å². The molecular formula is C11H11BrN2OS. The summed E-state index contributed by atoms with van der Waals surface area (Å²) in [6, 6.07) is 7.84. The summed E-state index contributed by atoms with van der Waals surface area (Å²) in [6.45, 7) is 2.47. The summed E-state index contributed by atoms with van der Waals surface area (Å²) < 4.78 is 6.46. The molecule has 3 nitrogen and oxygen atoms in total. The molecule has 0 fully saturated rings. The fourth-order valence-corrected chi connectivity index (χ4v) is 2.62. The summed E-state index contributed by atoms with van der Waals surface area (Å²) in [7, 11) is 0. The minimum absolute atomic E-state index is 0.468. The van der Waals surface area contributed by atoms with E-state index < -0.39 is 0 Å². The summed E-state index contributed by atoms with van der Waals surface area (Å²) >= 11 is 4.81. The molecule has 1 heterocycles. The Bertz CT molecular complexity index is 498. The van der Waals surface area contributed by atoms with Crippen molar-refractivity contribution in [2.45, 2.75) is 13.5 Å². The van der Waals surface area contributed by atoms with Crippen LogP contribution in [0.3, 0.4) is 0 Å². The summed E-state index contributed by atoms with van der Waals surface area (Å²) in [4.78, 5) is 5.24. The van der Waals surface area contributed by atoms with Gasteiger partial charge in [-0.1, -0.05) is 29.5 Å². The first-order valence-corrected chi connectivity index (χ1v) is 6.40. The number of ether oxygens (including phenoxy) is 1. The van der Waals surface area contributed by atoms with Crippen LogP contribution < -0.4 is 10.5 Å². The summed E-state index contributed by atoms with van der Waals surface area (Å²) in [5.74, 6) is 0.826. The monoisotopic (exact) mass is 298 g/mol. The van der Waals surface area contributed by atoms with Gasteiger partial charge in [-0.2, -0.15) is 4.98 Å². The van der Waals surface area contributed by atoms with Gasteiger partial charge in [0.05, 0.1) is 4.88 Å². The van der Waals surface area contributed by atoms with Crippen molar-refractivity contribution in [1.82, 2.24) is 4.98 Å². The van der Waals surface area contributed by atoms with E-state index in [2.05, 4.69) is 20.9 Å². The quantitative estimate of drug-likeness (QED) is 0.944. The Kier molecular flexibility index (Phi) is 3.58. The van der Waals surface area contributed by atoms with E-state index in [-0.39, 0.29) is 0 Å². The molecule has 0 unspecified atom stereocenters. The number of aryl methyl sites for hydroxylation is 1. The van der Waals surface area contributed by atoms with Gasteiger partial charge in [-0.3, -0.25) is 0 Å². The van der Waals surface area contributed by atoms with Crippen LogP contribution in [0, 0.1) is 6.92 Å². The van der Waals surface area contributed by atoms with Gasteiger partial charge in [0.15, 0.2) is 0 Å². The van der Waals surface area contributed by atoms with Gasteiger partial charge in [0.1, 0.15) is 10.4 Å². The largest absolute Gasteiger partial charge is 0.431 e. The van der Waals surface area contributed by atoms with Crippen molar-refractivity contribution in [3.63, 3.8) is 0 Å². The Morgan fingerprint density at radius 3 is 2.81 bits per heavy atom. The number of hydrogen-bond acceptors (Lipinski definition) is 4. The van der Waals surface area contributed by atoms with Crippen LogP contribution in [-0.4, -0.2) is 4.98 Å². The number of rotatable bonds is 3. The zero-order chi connectivity index (χ0) is 11.5. The van der Waals surface area contributed by atoms with Gasteiger partial charge >= 0.3 is 0 Å². The Labute approximate surface area is 106 Å². The molecule has 2 aromatic rings. The van der Waals surface area contributed by atoms with Crippen molar-refractivity contribution in [2.75, 3.05) is 0 Å². The molecule has 0 atom stereocenters. The second-order valence-corrected chi connectivity index (χ2v) is 5.06. The molecule has 1 aromatic heterocycles. The highest BCUT2D eigenvalue weighted by atomic mass is 79.9. The highest BCUT2D eigenvalue weighted by Crippen LogP contribution is 2.32. The Balaban J connectivity index is 2.24. The summed E-state index contributed by atoms with van der Waals surface area (Å²) in [6.07, 6.45) is 0. The molecule has 84 valence electrons. The van der Waals surface area contributed by atoms with Gasteiger partial charge in [0.2, 0.25) is 0 Å². The van der Waals surface area contributed by atoms with Crippen LogP contribution in [0.25, 0.3) is 0 Å². The van der Waals surface area contributed by atoms with Crippen molar-refractivity contribution in [3.8, 4) is 10.9 Å². The third kappa shape index (κ3) is 2.42. The first kappa shape index (κ1) is 11.6. The molecular weight excluding hydrogens is 288 g/mol. The normalized spacial score (nSPS) is 10.4. The fraction of sp³-hybridized carbons (Fsp3) is 0.182. The van der Waals surface area contributed by atoms with Crippen molar-refractivity contribution < 1.29 is 4.74 Å². The predicted molar refractivity (Wildman–Crippen MR) is 69.0 cm³/mol. The van der Waals surface area contributed by atoms with Gasteiger partial charge in [0, 0.05) is 6.54 Å². The number of thiazole rings is 1. The molecule has 1 aromatic carbocycles. The van der Waals surface area contributed by atoms with Crippen LogP contribution in [-0.2, 0) is 6.54 Å². The summed E-state index contributed by atoms with van der Waals surface area (Å²) in [5.41, 5.74) is 6.66. The smallest absolute Gasteiger partial charge is 0.280 e. The molecule has 2 N–H and O–H groups in total. The van der Waals surface area contributed by atoms with Gasteiger partial charge in [-0.05, 0) is 34.5 Å². The zero-order valence-corrected chi connectivity index (χ0v) is 11.1. The van der Waals surface area contributed by atoms with Crippen molar-refractivity contribution in [2.24, 2.45) is 5.73 Å². The van der Waals surface area contributed by atoms with Gasteiger partial charge in [-0.25, -0.2) is 0 Å². The van der Waals surface area contributed by atoms with E-state index in [9.17, 15) is 0 Å². The maximum absolute atomic E-state index is 5.69. The van der Waals surface area contributed by atoms with Crippen LogP contribution in [0.5, 0.6) is 10.9 Å². The number of benzene rings is 1. The minimum Gasteiger partial charge on any atom is -0.431 e. The van der Waals surface area contributed by atoms with Gasteiger partial charge in [0.25, 0.3) is 5.19 Å². The number of para-hydroxylation sites is 1. The van der Waals surface area contributed by atoms with Crippen LogP contribution in [0.4, 0.5) is 0 Å². The summed E-state index contributed by atoms with van der Waals surface area (Å²) in [5, 5.41) is 0.613. The highest BCUT2D eigenvalue weighted by Gasteiger charge is 2.09. The van der Waals surface area contributed by atoms with E-state index in [4.69, 9.17) is 10.5 Å². The van der Waals surface area contributed by atoms with Crippen LogP contribution >= 0.6 is 27.3 Å². The lowest BCUT2D eigenvalue weighted by Gasteiger charge is -2.03. The molecule has 0 amide bonds. The third-order valence-corrected chi connectivity index (χ3v) is 3.98. The van der Waals surface area contributed by atoms with Crippen molar-refractivity contribution >= 4 is 27.3 Å². The predicted octanol–water partition coefficient (Wildman–Crippen LogP) is 3.47. The molecule has 0 aliphatic carbocycles. The minimum atomic E-state index is 0.468. The van der Waals surface area contributed by atoms with E-state index in [1.54, 1.807) is 0 Å². The van der Waals surface area contributed by atoms with Crippen molar-refractivity contribution in [3.05, 3.63) is 39.3 Å². The van der Waals surface area contributed by atoms with E-state index in [0.717, 1.165) is 20.8 Å². The maximum Gasteiger partial charge on any atom is 0.280 e. The number of nitrogens with zero attached hydrogens (tertiary/aromatic N) is 1. The maximum atomic E-state index is 5.69. The standard InChI is InChI=1S/C11H11BrN2OS/c1-7-4-2-3-5-8(7)15-11-14-10(12)9(6-13)16-11/h2-5H,6,13H2,1H3. The average molecular weight is 299 g/mol. The Morgan fingerprint density at radius 2 is 2.19 bits per heavy atom. The average Bonchev–Trinajstić information content (AvgIpc) is 2.62. The molecule has 0 radical (unpaired) electrons. The zero-order valence-electron chi connectivity index (χ0n) is 8.74. The van der Waals surface area contributed by atoms with E-state index in [1.807, 2.05) is 31.2 Å². The fourth-order valence-electron chi connectivity index (χ4n) is 1.25. The molecule has 0 aliphatic heterocycles. The first-order valence-electron chi connectivity index (χ1n) is 4.79. The lowest BCUT2D eigenvalue weighted by atomic mass is 10.2. The highest BCUT2D eigenvalue weighted by molar-refractivity contribution is 9.10. The SMILES string of the molecule is Cc1ccccc1Oc1nc(Br)c(CN)s1. The first-order chi connectivity index (χ1) is 7.70. The number of nitrogens with two attached hydrogens (primary N) is 1. The lowest BCUT2D eigenvalue weighted by molar-refractivity contribution is 0.474. The number of aromatic nitrogens is 1. The second-order valence-electron chi connectivity index (χ2n) is 3.27. The molecule has 2 rings (SSSR count). The number of hydrogen-bond donors (Lipinski definition) is 1. The molecule has 5 heteroatoms. The topological polar surface area (TPSA) is 48.1 Å². The molecule has 16 heavy (non-hydrogen) atoms. The number of halogens is 1. The molecule has 0 aliphatic rings. The van der Waals surface area contributed by atoms with E-state index in [0.29, 0.717) is 11.7 Å². The third-order valence-electron chi connectivity index (χ3n) is 2.11. The Morgan fingerprint density at radius 1 is 1.44 bits per heavy atom. The molecule has 0 saturated carbocycles.